The monoisotopic (exact) mass is 380 g/mol. The molecule has 1 atom stereocenters. The molecule has 1 aliphatic carbocycles. The van der Waals surface area contributed by atoms with Gasteiger partial charge in [-0.05, 0) is 55.9 Å². The van der Waals surface area contributed by atoms with E-state index in [9.17, 15) is 18.3 Å². The molecule has 1 saturated carbocycles. The van der Waals surface area contributed by atoms with E-state index < -0.39 is 16.1 Å². The van der Waals surface area contributed by atoms with Gasteiger partial charge in [0.1, 0.15) is 0 Å². The first-order valence-corrected chi connectivity index (χ1v) is 10.9. The van der Waals surface area contributed by atoms with Gasteiger partial charge in [0.25, 0.3) is 0 Å². The number of nitrogens with zero attached hydrogens (tertiary/aromatic N) is 1. The lowest BCUT2D eigenvalue weighted by molar-refractivity contribution is -0.136. The lowest BCUT2D eigenvalue weighted by Gasteiger charge is -2.31. The van der Waals surface area contributed by atoms with Crippen molar-refractivity contribution in [1.82, 2.24) is 9.62 Å². The molecular formula is C19H28N2O4S. The van der Waals surface area contributed by atoms with Crippen LogP contribution in [-0.4, -0.2) is 43.5 Å². The molecule has 6 nitrogen and oxygen atoms in total. The molecule has 0 aromatic heterocycles. The first kappa shape index (κ1) is 19.3. The Bertz CT molecular complexity index is 755. The fourth-order valence-corrected chi connectivity index (χ4v) is 4.90. The van der Waals surface area contributed by atoms with Gasteiger partial charge < -0.3 is 10.0 Å². The molecule has 1 amide bonds. The Kier molecular flexibility index (Phi) is 5.99. The van der Waals surface area contributed by atoms with Crippen LogP contribution in [0.4, 0.5) is 0 Å². The van der Waals surface area contributed by atoms with Gasteiger partial charge in [0.2, 0.25) is 15.9 Å². The van der Waals surface area contributed by atoms with Gasteiger partial charge in [0.05, 0.1) is 11.0 Å². The van der Waals surface area contributed by atoms with Crippen molar-refractivity contribution in [3.8, 4) is 0 Å². The number of aliphatic hydroxyl groups excluding tert-OH is 1. The zero-order valence-electron chi connectivity index (χ0n) is 15.3. The third-order valence-corrected chi connectivity index (χ3v) is 6.83. The Balaban J connectivity index is 1.67. The maximum Gasteiger partial charge on any atom is 0.240 e. The third-order valence-electron chi connectivity index (χ3n) is 5.37. The number of sulfonamides is 1. The lowest BCUT2D eigenvalue weighted by atomic mass is 9.98. The smallest absolute Gasteiger partial charge is 0.240 e. The summed E-state index contributed by atoms with van der Waals surface area (Å²) in [5.41, 5.74) is 2.03. The van der Waals surface area contributed by atoms with Gasteiger partial charge in [0.15, 0.2) is 0 Å². The Hall–Kier alpha value is -1.44. The average Bonchev–Trinajstić information content (AvgIpc) is 3.14. The van der Waals surface area contributed by atoms with Gasteiger partial charge in [0, 0.05) is 25.6 Å². The maximum atomic E-state index is 12.6. The Labute approximate surface area is 155 Å². The number of nitrogens with one attached hydrogen (secondary N) is 1. The van der Waals surface area contributed by atoms with Crippen LogP contribution in [0.1, 0.15) is 50.2 Å². The molecule has 26 heavy (non-hydrogen) atoms. The van der Waals surface area contributed by atoms with Crippen molar-refractivity contribution in [3.05, 3.63) is 29.3 Å². The van der Waals surface area contributed by atoms with E-state index in [2.05, 4.69) is 4.72 Å². The van der Waals surface area contributed by atoms with E-state index in [1.165, 1.54) is 0 Å². The fraction of sp³-hybridized carbons (Fsp3) is 0.632. The molecule has 3 rings (SSSR count). The lowest BCUT2D eigenvalue weighted by Crippen LogP contribution is -2.39. The molecular weight excluding hydrogens is 352 g/mol. The van der Waals surface area contributed by atoms with Crippen LogP contribution in [0.5, 0.6) is 0 Å². The van der Waals surface area contributed by atoms with Crippen LogP contribution < -0.4 is 4.72 Å². The topological polar surface area (TPSA) is 86.7 Å². The minimum absolute atomic E-state index is 0.175. The van der Waals surface area contributed by atoms with Crippen LogP contribution in [0.2, 0.25) is 0 Å². The highest BCUT2D eigenvalue weighted by atomic mass is 32.2. The summed E-state index contributed by atoms with van der Waals surface area (Å²) in [4.78, 5) is 14.8. The first-order chi connectivity index (χ1) is 12.4. The summed E-state index contributed by atoms with van der Waals surface area (Å²) >= 11 is 0. The van der Waals surface area contributed by atoms with Crippen LogP contribution in [-0.2, 0) is 27.8 Å². The number of carbonyl (C=O) groups is 1. The number of aliphatic hydroxyl groups is 1. The number of rotatable bonds is 6. The van der Waals surface area contributed by atoms with Crippen molar-refractivity contribution in [2.75, 3.05) is 13.1 Å². The fourth-order valence-electron chi connectivity index (χ4n) is 3.80. The maximum absolute atomic E-state index is 12.6. The summed E-state index contributed by atoms with van der Waals surface area (Å²) in [5, 5.41) is 9.26. The molecule has 0 saturated heterocycles. The van der Waals surface area contributed by atoms with Crippen LogP contribution in [0, 0.1) is 5.92 Å². The number of hydrogen-bond donors (Lipinski definition) is 2. The highest BCUT2D eigenvalue weighted by Gasteiger charge is 2.29. The molecule has 1 heterocycles. The van der Waals surface area contributed by atoms with Gasteiger partial charge in [-0.15, -0.1) is 0 Å². The molecule has 1 aromatic rings. The highest BCUT2D eigenvalue weighted by molar-refractivity contribution is 7.89. The zero-order chi connectivity index (χ0) is 18.7. The van der Waals surface area contributed by atoms with Gasteiger partial charge >= 0.3 is 0 Å². The normalized spacial score (nSPS) is 19.4. The number of fused-ring (bicyclic) bond motifs is 1. The summed E-state index contributed by atoms with van der Waals surface area (Å²) in [6, 6.07) is 5.15. The number of amides is 1. The van der Waals surface area contributed by atoms with E-state index in [-0.39, 0.29) is 23.3 Å². The van der Waals surface area contributed by atoms with E-state index in [0.29, 0.717) is 25.9 Å². The van der Waals surface area contributed by atoms with Gasteiger partial charge in [-0.1, -0.05) is 18.9 Å². The molecule has 0 bridgehead atoms. The number of hydrogen-bond acceptors (Lipinski definition) is 4. The molecule has 144 valence electrons. The average molecular weight is 381 g/mol. The summed E-state index contributed by atoms with van der Waals surface area (Å²) in [6.45, 7) is 3.06. The summed E-state index contributed by atoms with van der Waals surface area (Å²) in [7, 11) is -3.57. The van der Waals surface area contributed by atoms with Crippen molar-refractivity contribution in [3.63, 3.8) is 0 Å². The summed E-state index contributed by atoms with van der Waals surface area (Å²) in [5.74, 6) is 0.430. The van der Waals surface area contributed by atoms with E-state index in [0.717, 1.165) is 36.8 Å². The predicted molar refractivity (Wildman–Crippen MR) is 99.0 cm³/mol. The standard InChI is InChI=1S/C19H28N2O4S/c1-14(22)8-10-20-26(24,25)18-7-6-17-13-21(11-9-16(17)12-18)19(23)15-4-2-3-5-15/h6-7,12,14-15,20,22H,2-5,8-11,13H2,1H3/t14-/m0/s1. The van der Waals surface area contributed by atoms with Crippen LogP contribution in [0.25, 0.3) is 0 Å². The van der Waals surface area contributed by atoms with Crippen molar-refractivity contribution >= 4 is 15.9 Å². The molecule has 1 fully saturated rings. The zero-order valence-corrected chi connectivity index (χ0v) is 16.1. The Morgan fingerprint density at radius 3 is 2.73 bits per heavy atom. The van der Waals surface area contributed by atoms with Gasteiger partial charge in [-0.2, -0.15) is 0 Å². The predicted octanol–water partition coefficient (Wildman–Crippen LogP) is 1.81. The van der Waals surface area contributed by atoms with Crippen molar-refractivity contribution in [2.24, 2.45) is 5.92 Å². The van der Waals surface area contributed by atoms with E-state index in [1.807, 2.05) is 11.0 Å². The minimum atomic E-state index is -3.57. The quantitative estimate of drug-likeness (QED) is 0.788. The highest BCUT2D eigenvalue weighted by Crippen LogP contribution is 2.29. The summed E-state index contributed by atoms with van der Waals surface area (Å²) < 4.78 is 27.3. The Morgan fingerprint density at radius 2 is 2.04 bits per heavy atom. The van der Waals surface area contributed by atoms with E-state index in [1.54, 1.807) is 19.1 Å². The second-order valence-electron chi connectivity index (χ2n) is 7.46. The van der Waals surface area contributed by atoms with Gasteiger partial charge in [-0.25, -0.2) is 13.1 Å². The minimum Gasteiger partial charge on any atom is -0.393 e. The summed E-state index contributed by atoms with van der Waals surface area (Å²) in [6.07, 6.45) is 4.81. The van der Waals surface area contributed by atoms with Crippen molar-refractivity contribution in [1.29, 1.82) is 0 Å². The van der Waals surface area contributed by atoms with Crippen molar-refractivity contribution in [2.45, 2.75) is 63.0 Å². The molecule has 1 aromatic carbocycles. The number of benzene rings is 1. The van der Waals surface area contributed by atoms with E-state index >= 15 is 0 Å². The molecule has 2 aliphatic rings. The molecule has 0 spiro atoms. The second kappa shape index (κ2) is 8.06. The largest absolute Gasteiger partial charge is 0.393 e. The van der Waals surface area contributed by atoms with Crippen LogP contribution in [0.3, 0.4) is 0 Å². The second-order valence-corrected chi connectivity index (χ2v) is 9.22. The SMILES string of the molecule is C[C@H](O)CCNS(=O)(=O)c1ccc2c(c1)CCN(C(=O)C1CCCC1)C2. The van der Waals surface area contributed by atoms with E-state index in [4.69, 9.17) is 0 Å². The first-order valence-electron chi connectivity index (χ1n) is 9.45. The van der Waals surface area contributed by atoms with Crippen molar-refractivity contribution < 1.29 is 18.3 Å². The molecule has 0 unspecified atom stereocenters. The molecule has 1 aliphatic heterocycles. The van der Waals surface area contributed by atoms with Crippen LogP contribution >= 0.6 is 0 Å². The van der Waals surface area contributed by atoms with Crippen LogP contribution in [0.15, 0.2) is 23.1 Å². The van der Waals surface area contributed by atoms with Gasteiger partial charge in [-0.3, -0.25) is 4.79 Å². The number of carbonyl (C=O) groups excluding carboxylic acids is 1. The molecule has 2 N–H and O–H groups in total. The Morgan fingerprint density at radius 1 is 1.31 bits per heavy atom. The molecule has 7 heteroatoms. The molecule has 0 radical (unpaired) electrons. The third kappa shape index (κ3) is 4.45.